The normalized spacial score (nSPS) is 16.1. The Hall–Kier alpha value is -1.81. The number of thiazole rings is 1. The van der Waals surface area contributed by atoms with Gasteiger partial charge in [-0.3, -0.25) is 10.0 Å². The lowest BCUT2D eigenvalue weighted by Gasteiger charge is -2.28. The van der Waals surface area contributed by atoms with Crippen molar-refractivity contribution in [3.63, 3.8) is 0 Å². The van der Waals surface area contributed by atoms with Crippen LogP contribution >= 0.6 is 11.3 Å². The fourth-order valence-electron chi connectivity index (χ4n) is 3.10. The molecule has 2 heterocycles. The maximum absolute atomic E-state index is 12.9. The van der Waals surface area contributed by atoms with Crippen LogP contribution in [0.2, 0.25) is 0 Å². The maximum atomic E-state index is 12.9. The Bertz CT molecular complexity index is 910. The molecule has 0 saturated heterocycles. The van der Waals surface area contributed by atoms with Crippen LogP contribution in [0.3, 0.4) is 0 Å². The Morgan fingerprint density at radius 1 is 1.33 bits per heavy atom. The molecule has 0 radical (unpaired) electrons. The zero-order valence-electron chi connectivity index (χ0n) is 15.3. The molecule has 2 N–H and O–H groups in total. The monoisotopic (exact) mass is 409 g/mol. The Kier molecular flexibility index (Phi) is 5.95. The average Bonchev–Trinajstić information content (AvgIpc) is 3.09. The first-order valence-electron chi connectivity index (χ1n) is 8.77. The summed E-state index contributed by atoms with van der Waals surface area (Å²) in [7, 11) is -3.64. The summed E-state index contributed by atoms with van der Waals surface area (Å²) < 4.78 is 27.1. The van der Waals surface area contributed by atoms with Crippen LogP contribution in [-0.2, 0) is 27.8 Å². The largest absolute Gasteiger partial charge is 0.289 e. The minimum absolute atomic E-state index is 0.208. The molecular formula is C18H23N3O4S2. The van der Waals surface area contributed by atoms with Crippen molar-refractivity contribution in [2.75, 3.05) is 12.3 Å². The molecule has 1 atom stereocenters. The van der Waals surface area contributed by atoms with Crippen LogP contribution < -0.4 is 5.48 Å². The zero-order chi connectivity index (χ0) is 19.6. The van der Waals surface area contributed by atoms with Crippen LogP contribution in [0.4, 0.5) is 0 Å². The Morgan fingerprint density at radius 3 is 2.67 bits per heavy atom. The number of hydroxylamine groups is 1. The molecular weight excluding hydrogens is 386 g/mol. The van der Waals surface area contributed by atoms with E-state index >= 15 is 0 Å². The number of nitrogens with zero attached hydrogens (tertiary/aromatic N) is 2. The zero-order valence-corrected chi connectivity index (χ0v) is 16.9. The highest BCUT2D eigenvalue weighted by molar-refractivity contribution is 7.89. The third kappa shape index (κ3) is 4.37. The molecule has 9 heteroatoms. The highest BCUT2D eigenvalue weighted by Gasteiger charge is 2.34. The van der Waals surface area contributed by atoms with Crippen molar-refractivity contribution in [1.82, 2.24) is 14.8 Å². The second kappa shape index (κ2) is 8.05. The fraction of sp³-hybridized carbons (Fsp3) is 0.444. The number of hydrogen-bond acceptors (Lipinski definition) is 6. The molecule has 1 aliphatic heterocycles. The molecule has 1 unspecified atom stereocenters. The van der Waals surface area contributed by atoms with Gasteiger partial charge in [0.1, 0.15) is 5.01 Å². The van der Waals surface area contributed by atoms with Crippen molar-refractivity contribution < 1.29 is 18.4 Å². The van der Waals surface area contributed by atoms with Crippen molar-refractivity contribution in [2.45, 2.75) is 26.8 Å². The molecule has 146 valence electrons. The lowest BCUT2D eigenvalue weighted by molar-refractivity contribution is -0.134. The van der Waals surface area contributed by atoms with Crippen molar-refractivity contribution >= 4 is 27.3 Å². The molecule has 0 bridgehead atoms. The van der Waals surface area contributed by atoms with Gasteiger partial charge in [0.15, 0.2) is 0 Å². The highest BCUT2D eigenvalue weighted by atomic mass is 32.2. The maximum Gasteiger partial charge on any atom is 0.247 e. The highest BCUT2D eigenvalue weighted by Crippen LogP contribution is 2.32. The lowest BCUT2D eigenvalue weighted by Crippen LogP contribution is -2.43. The summed E-state index contributed by atoms with van der Waals surface area (Å²) in [5.41, 5.74) is 3.54. The Labute approximate surface area is 163 Å². The molecule has 1 aliphatic rings. The number of rotatable bonds is 6. The van der Waals surface area contributed by atoms with Gasteiger partial charge in [-0.05, 0) is 5.92 Å². The molecule has 3 rings (SSSR count). The van der Waals surface area contributed by atoms with Gasteiger partial charge in [-0.2, -0.15) is 4.31 Å². The van der Waals surface area contributed by atoms with Gasteiger partial charge in [0.05, 0.1) is 17.4 Å². The summed E-state index contributed by atoms with van der Waals surface area (Å²) in [6, 6.07) is 9.81. The molecule has 7 nitrogen and oxygen atoms in total. The van der Waals surface area contributed by atoms with E-state index in [0.29, 0.717) is 13.0 Å². The standard InChI is InChI=1S/C18H23N3O4S2/c1-12(2)14(17(22)20-23)11-27(24,25)21-9-8-15-16(10-21)26-18(19-15)13-6-4-3-5-7-13/h3-7,12,14,23H,8-11H2,1-2H3,(H,20,22). The van der Waals surface area contributed by atoms with E-state index < -0.39 is 21.8 Å². The van der Waals surface area contributed by atoms with E-state index in [0.717, 1.165) is 21.1 Å². The predicted octanol–water partition coefficient (Wildman–Crippen LogP) is 2.28. The van der Waals surface area contributed by atoms with Crippen LogP contribution in [0.5, 0.6) is 0 Å². The number of aromatic nitrogens is 1. The Balaban J connectivity index is 1.78. The van der Waals surface area contributed by atoms with Crippen molar-refractivity contribution in [3.05, 3.63) is 40.9 Å². The molecule has 0 saturated carbocycles. The predicted molar refractivity (Wildman–Crippen MR) is 104 cm³/mol. The first-order valence-corrected chi connectivity index (χ1v) is 11.2. The number of fused-ring (bicyclic) bond motifs is 1. The van der Waals surface area contributed by atoms with Gasteiger partial charge in [0.25, 0.3) is 0 Å². The first-order chi connectivity index (χ1) is 12.8. The minimum Gasteiger partial charge on any atom is -0.289 e. The number of sulfonamides is 1. The van der Waals surface area contributed by atoms with E-state index in [1.165, 1.54) is 15.6 Å². The van der Waals surface area contributed by atoms with E-state index in [1.54, 1.807) is 19.3 Å². The van der Waals surface area contributed by atoms with Gasteiger partial charge >= 0.3 is 0 Å². The minimum atomic E-state index is -3.64. The first kappa shape index (κ1) is 19.9. The third-order valence-electron chi connectivity index (χ3n) is 4.75. The summed E-state index contributed by atoms with van der Waals surface area (Å²) in [4.78, 5) is 17.4. The van der Waals surface area contributed by atoms with Gasteiger partial charge in [0.2, 0.25) is 15.9 Å². The van der Waals surface area contributed by atoms with Gasteiger partial charge in [0, 0.05) is 30.0 Å². The second-order valence-electron chi connectivity index (χ2n) is 6.94. The molecule has 2 aromatic rings. The van der Waals surface area contributed by atoms with Gasteiger partial charge in [-0.25, -0.2) is 18.9 Å². The number of carbonyl (C=O) groups excluding carboxylic acids is 1. The van der Waals surface area contributed by atoms with E-state index in [9.17, 15) is 13.2 Å². The molecule has 0 fully saturated rings. The van der Waals surface area contributed by atoms with Crippen LogP contribution in [-0.4, -0.2) is 41.1 Å². The number of benzene rings is 1. The lowest BCUT2D eigenvalue weighted by atomic mass is 9.97. The molecule has 0 spiro atoms. The van der Waals surface area contributed by atoms with Crippen LogP contribution in [0.15, 0.2) is 30.3 Å². The van der Waals surface area contributed by atoms with Gasteiger partial charge in [-0.1, -0.05) is 44.2 Å². The van der Waals surface area contributed by atoms with E-state index in [2.05, 4.69) is 4.98 Å². The van der Waals surface area contributed by atoms with Crippen molar-refractivity contribution in [1.29, 1.82) is 0 Å². The number of carbonyl (C=O) groups is 1. The molecule has 1 aromatic heterocycles. The van der Waals surface area contributed by atoms with Crippen LogP contribution in [0.1, 0.15) is 24.4 Å². The van der Waals surface area contributed by atoms with E-state index in [-0.39, 0.29) is 18.2 Å². The van der Waals surface area contributed by atoms with Crippen LogP contribution in [0.25, 0.3) is 10.6 Å². The average molecular weight is 410 g/mol. The van der Waals surface area contributed by atoms with Gasteiger partial charge < -0.3 is 0 Å². The van der Waals surface area contributed by atoms with Gasteiger partial charge in [-0.15, -0.1) is 11.3 Å². The van der Waals surface area contributed by atoms with Crippen LogP contribution in [0, 0.1) is 11.8 Å². The fourth-order valence-corrected chi connectivity index (χ4v) is 6.21. The summed E-state index contributed by atoms with van der Waals surface area (Å²) in [5.74, 6) is -2.00. The molecule has 1 aromatic carbocycles. The smallest absolute Gasteiger partial charge is 0.247 e. The van der Waals surface area contributed by atoms with E-state index in [4.69, 9.17) is 5.21 Å². The molecule has 1 amide bonds. The summed E-state index contributed by atoms with van der Waals surface area (Å²) >= 11 is 1.51. The summed E-state index contributed by atoms with van der Waals surface area (Å²) in [5, 5.41) is 9.78. The number of hydrogen-bond donors (Lipinski definition) is 2. The topological polar surface area (TPSA) is 99.6 Å². The molecule has 27 heavy (non-hydrogen) atoms. The molecule has 0 aliphatic carbocycles. The van der Waals surface area contributed by atoms with Crippen molar-refractivity contribution in [2.24, 2.45) is 11.8 Å². The number of amides is 1. The SMILES string of the molecule is CC(C)C(CS(=O)(=O)N1CCc2nc(-c3ccccc3)sc2C1)C(=O)NO. The summed E-state index contributed by atoms with van der Waals surface area (Å²) in [6.07, 6.45) is 0.552. The quantitative estimate of drug-likeness (QED) is 0.563. The second-order valence-corrected chi connectivity index (χ2v) is 10.0. The van der Waals surface area contributed by atoms with E-state index in [1.807, 2.05) is 30.3 Å². The Morgan fingerprint density at radius 2 is 2.04 bits per heavy atom. The number of nitrogens with one attached hydrogen (secondary N) is 1. The summed E-state index contributed by atoms with van der Waals surface area (Å²) in [6.45, 7) is 4.14. The third-order valence-corrected chi connectivity index (χ3v) is 7.76. The van der Waals surface area contributed by atoms with Crippen molar-refractivity contribution in [3.8, 4) is 10.6 Å².